The van der Waals surface area contributed by atoms with Crippen molar-refractivity contribution in [1.29, 1.82) is 0 Å². The molecule has 1 heterocycles. The Balaban J connectivity index is 1.82. The van der Waals surface area contributed by atoms with Gasteiger partial charge in [-0.25, -0.2) is 0 Å². The lowest BCUT2D eigenvalue weighted by atomic mass is 9.89. The van der Waals surface area contributed by atoms with Crippen molar-refractivity contribution >= 4 is 0 Å². The molecule has 1 N–H and O–H groups in total. The fourth-order valence-electron chi connectivity index (χ4n) is 2.55. The summed E-state index contributed by atoms with van der Waals surface area (Å²) in [7, 11) is 0. The van der Waals surface area contributed by atoms with E-state index in [0.717, 1.165) is 6.04 Å². The minimum absolute atomic E-state index is 0.372. The van der Waals surface area contributed by atoms with Gasteiger partial charge < -0.3 is 5.11 Å². The van der Waals surface area contributed by atoms with Crippen LogP contribution in [-0.2, 0) is 0 Å². The fraction of sp³-hybridized carbons (Fsp3) is 1.00. The number of aliphatic hydroxyl groups excluding tert-OH is 1. The molecule has 2 fully saturated rings. The summed E-state index contributed by atoms with van der Waals surface area (Å²) in [5, 5.41) is 9.05. The van der Waals surface area contributed by atoms with Crippen molar-refractivity contribution in [1.82, 2.24) is 4.90 Å². The maximum atomic E-state index is 9.05. The molecule has 70 valence electrons. The van der Waals surface area contributed by atoms with Gasteiger partial charge in [0, 0.05) is 18.6 Å². The van der Waals surface area contributed by atoms with E-state index >= 15 is 0 Å². The molecule has 2 rings (SSSR count). The topological polar surface area (TPSA) is 23.5 Å². The van der Waals surface area contributed by atoms with E-state index in [2.05, 4.69) is 4.90 Å². The molecule has 0 spiro atoms. The molecule has 2 heteroatoms. The number of rotatable bonds is 2. The largest absolute Gasteiger partial charge is 0.395 e. The van der Waals surface area contributed by atoms with E-state index in [1.165, 1.54) is 45.1 Å². The standard InChI is InChI=1S/C10H19NO/c12-8-10-6-7-11(10)9-4-2-1-3-5-9/h9-10,12H,1-8H2. The third kappa shape index (κ3) is 1.50. The molecule has 1 atom stereocenters. The van der Waals surface area contributed by atoms with Crippen LogP contribution in [0.1, 0.15) is 38.5 Å². The van der Waals surface area contributed by atoms with Gasteiger partial charge >= 0.3 is 0 Å². The van der Waals surface area contributed by atoms with Crippen LogP contribution < -0.4 is 0 Å². The fourth-order valence-corrected chi connectivity index (χ4v) is 2.55. The Bertz CT molecular complexity index is 141. The molecule has 0 aromatic heterocycles. The van der Waals surface area contributed by atoms with Crippen LogP contribution in [0.25, 0.3) is 0 Å². The summed E-state index contributed by atoms with van der Waals surface area (Å²) in [5.74, 6) is 0. The second-order valence-corrected chi connectivity index (χ2v) is 4.15. The van der Waals surface area contributed by atoms with Gasteiger partial charge in [0.1, 0.15) is 0 Å². The number of nitrogens with zero attached hydrogens (tertiary/aromatic N) is 1. The third-order valence-corrected chi connectivity index (χ3v) is 3.44. The van der Waals surface area contributed by atoms with E-state index < -0.39 is 0 Å². The minimum atomic E-state index is 0.372. The highest BCUT2D eigenvalue weighted by Crippen LogP contribution is 2.29. The van der Waals surface area contributed by atoms with E-state index in [0.29, 0.717) is 12.6 Å². The van der Waals surface area contributed by atoms with Gasteiger partial charge in [0.2, 0.25) is 0 Å². The second kappa shape index (κ2) is 3.75. The zero-order valence-electron chi connectivity index (χ0n) is 7.71. The van der Waals surface area contributed by atoms with Crippen LogP contribution in [-0.4, -0.2) is 35.2 Å². The highest BCUT2D eigenvalue weighted by Gasteiger charge is 2.33. The lowest BCUT2D eigenvalue weighted by molar-refractivity contribution is -0.00695. The molecule has 1 saturated carbocycles. The first-order valence-electron chi connectivity index (χ1n) is 5.28. The molecule has 0 amide bonds. The van der Waals surface area contributed by atoms with E-state index in [4.69, 9.17) is 5.11 Å². The van der Waals surface area contributed by atoms with Gasteiger partial charge in [0.25, 0.3) is 0 Å². The quantitative estimate of drug-likeness (QED) is 0.675. The molecule has 0 aromatic rings. The summed E-state index contributed by atoms with van der Waals surface area (Å²) in [4.78, 5) is 2.51. The van der Waals surface area contributed by atoms with Crippen LogP contribution >= 0.6 is 0 Å². The van der Waals surface area contributed by atoms with Crippen molar-refractivity contribution in [2.24, 2.45) is 0 Å². The molecular weight excluding hydrogens is 150 g/mol. The monoisotopic (exact) mass is 169 g/mol. The number of aliphatic hydroxyl groups is 1. The molecular formula is C10H19NO. The Morgan fingerprint density at radius 2 is 1.83 bits per heavy atom. The third-order valence-electron chi connectivity index (χ3n) is 3.44. The average molecular weight is 169 g/mol. The molecule has 0 bridgehead atoms. The first-order chi connectivity index (χ1) is 5.92. The van der Waals surface area contributed by atoms with Crippen LogP contribution in [0.3, 0.4) is 0 Å². The Hall–Kier alpha value is -0.0800. The van der Waals surface area contributed by atoms with Crippen LogP contribution in [0.2, 0.25) is 0 Å². The van der Waals surface area contributed by atoms with Crippen molar-refractivity contribution in [3.63, 3.8) is 0 Å². The molecule has 0 aromatic carbocycles. The summed E-state index contributed by atoms with van der Waals surface area (Å²) in [6.07, 6.45) is 8.19. The minimum Gasteiger partial charge on any atom is -0.395 e. The Morgan fingerprint density at radius 3 is 2.33 bits per heavy atom. The zero-order valence-corrected chi connectivity index (χ0v) is 7.71. The normalized spacial score (nSPS) is 33.2. The summed E-state index contributed by atoms with van der Waals surface area (Å²) < 4.78 is 0. The van der Waals surface area contributed by atoms with Crippen LogP contribution in [0.4, 0.5) is 0 Å². The number of hydrogen-bond donors (Lipinski definition) is 1. The van der Waals surface area contributed by atoms with E-state index in [1.54, 1.807) is 0 Å². The maximum absolute atomic E-state index is 9.05. The lowest BCUT2D eigenvalue weighted by Gasteiger charge is -2.46. The average Bonchev–Trinajstić information content (AvgIpc) is 2.05. The predicted octanol–water partition coefficient (Wildman–Crippen LogP) is 1.39. The lowest BCUT2D eigenvalue weighted by Crippen LogP contribution is -2.55. The Labute approximate surface area is 74.6 Å². The summed E-state index contributed by atoms with van der Waals surface area (Å²) >= 11 is 0. The summed E-state index contributed by atoms with van der Waals surface area (Å²) in [6.45, 7) is 1.60. The highest BCUT2D eigenvalue weighted by atomic mass is 16.3. The van der Waals surface area contributed by atoms with Gasteiger partial charge in [-0.15, -0.1) is 0 Å². The van der Waals surface area contributed by atoms with Gasteiger partial charge in [0.05, 0.1) is 6.61 Å². The Kier molecular flexibility index (Phi) is 2.66. The SMILES string of the molecule is OCC1CCN1C1CCCCC1. The summed E-state index contributed by atoms with van der Waals surface area (Å²) in [6, 6.07) is 1.32. The van der Waals surface area contributed by atoms with Crippen molar-refractivity contribution < 1.29 is 5.11 Å². The van der Waals surface area contributed by atoms with Crippen molar-refractivity contribution in [2.75, 3.05) is 13.2 Å². The van der Waals surface area contributed by atoms with Crippen LogP contribution in [0.15, 0.2) is 0 Å². The molecule has 12 heavy (non-hydrogen) atoms. The van der Waals surface area contributed by atoms with Crippen LogP contribution in [0.5, 0.6) is 0 Å². The second-order valence-electron chi connectivity index (χ2n) is 4.15. The van der Waals surface area contributed by atoms with Gasteiger partial charge in [-0.2, -0.15) is 0 Å². The Morgan fingerprint density at radius 1 is 1.08 bits per heavy atom. The van der Waals surface area contributed by atoms with Gasteiger partial charge in [-0.1, -0.05) is 19.3 Å². The smallest absolute Gasteiger partial charge is 0.0587 e. The zero-order chi connectivity index (χ0) is 8.39. The number of hydrogen-bond acceptors (Lipinski definition) is 2. The molecule has 1 saturated heterocycles. The number of likely N-dealkylation sites (tertiary alicyclic amines) is 1. The van der Waals surface area contributed by atoms with Crippen LogP contribution in [0, 0.1) is 0 Å². The molecule has 1 unspecified atom stereocenters. The van der Waals surface area contributed by atoms with E-state index in [1.807, 2.05) is 0 Å². The summed E-state index contributed by atoms with van der Waals surface area (Å²) in [5.41, 5.74) is 0. The molecule has 1 aliphatic carbocycles. The van der Waals surface area contributed by atoms with Gasteiger partial charge in [-0.3, -0.25) is 4.90 Å². The van der Waals surface area contributed by atoms with E-state index in [-0.39, 0.29) is 0 Å². The first-order valence-corrected chi connectivity index (χ1v) is 5.28. The molecule has 0 radical (unpaired) electrons. The van der Waals surface area contributed by atoms with E-state index in [9.17, 15) is 0 Å². The first kappa shape index (κ1) is 8.52. The molecule has 1 aliphatic heterocycles. The van der Waals surface area contributed by atoms with Crippen molar-refractivity contribution in [2.45, 2.75) is 50.6 Å². The van der Waals surface area contributed by atoms with Crippen molar-refractivity contribution in [3.8, 4) is 0 Å². The van der Waals surface area contributed by atoms with Gasteiger partial charge in [0.15, 0.2) is 0 Å². The molecule has 2 aliphatic rings. The molecule has 2 nitrogen and oxygen atoms in total. The van der Waals surface area contributed by atoms with Gasteiger partial charge in [-0.05, 0) is 19.3 Å². The highest BCUT2D eigenvalue weighted by molar-refractivity contribution is 4.88. The maximum Gasteiger partial charge on any atom is 0.0587 e. The van der Waals surface area contributed by atoms with Crippen molar-refractivity contribution in [3.05, 3.63) is 0 Å². The predicted molar refractivity (Wildman–Crippen MR) is 49.1 cm³/mol.